The Morgan fingerprint density at radius 2 is 0.824 bits per heavy atom. The van der Waals surface area contributed by atoms with Crippen LogP contribution in [0.3, 0.4) is 0 Å². The second-order valence-electron chi connectivity index (χ2n) is 12.8. The molecule has 2 aromatic rings. The van der Waals surface area contributed by atoms with E-state index < -0.39 is 11.2 Å². The number of rotatable bonds is 7. The van der Waals surface area contributed by atoms with Crippen LogP contribution in [0, 0.1) is 0 Å². The first-order chi connectivity index (χ1) is 15.3. The van der Waals surface area contributed by atoms with E-state index in [2.05, 4.69) is 119 Å². The summed E-state index contributed by atoms with van der Waals surface area (Å²) in [5.74, 6) is 0. The first kappa shape index (κ1) is 28.1. The Morgan fingerprint density at radius 3 is 1.06 bits per heavy atom. The molecule has 34 heavy (non-hydrogen) atoms. The molecule has 0 fully saturated rings. The van der Waals surface area contributed by atoms with Crippen LogP contribution in [0.1, 0.15) is 116 Å². The van der Waals surface area contributed by atoms with Crippen molar-refractivity contribution in [3.63, 3.8) is 0 Å². The predicted octanol–water partition coefficient (Wildman–Crippen LogP) is 9.47. The van der Waals surface area contributed by atoms with Crippen LogP contribution in [0.15, 0.2) is 49.6 Å². The largest absolute Gasteiger partial charge is 0.225 e. The van der Waals surface area contributed by atoms with Crippen molar-refractivity contribution in [1.29, 1.82) is 0 Å². The topological polar surface area (TPSA) is 18.5 Å². The lowest BCUT2D eigenvalue weighted by Gasteiger charge is -2.37. The van der Waals surface area contributed by atoms with Gasteiger partial charge >= 0.3 is 0 Å². The molecule has 0 amide bonds. The van der Waals surface area contributed by atoms with Gasteiger partial charge in [-0.1, -0.05) is 102 Å². The van der Waals surface area contributed by atoms with Gasteiger partial charge in [0.15, 0.2) is 0 Å². The van der Waals surface area contributed by atoms with Gasteiger partial charge in [0.1, 0.15) is 11.2 Å². The van der Waals surface area contributed by atoms with Crippen molar-refractivity contribution in [2.75, 3.05) is 0 Å². The number of hydrogen-bond donors (Lipinski definition) is 0. The van der Waals surface area contributed by atoms with E-state index in [1.165, 1.54) is 11.1 Å². The Balaban J connectivity index is 2.47. The standard InChI is InChI=1S/C32H46O2/c1-21(2)23-15-17-25(27(19-23)29(5,6)7)31(11,12)33-34-32(13,14)26-18-16-24(22(3)4)20-28(26)30(8,9)10/h15-20H,1,3H2,2,4-14H3. The Hall–Kier alpha value is -2.16. The maximum Gasteiger partial charge on any atom is 0.123 e. The number of hydrogen-bond acceptors (Lipinski definition) is 2. The van der Waals surface area contributed by atoms with Crippen LogP contribution in [0.5, 0.6) is 0 Å². The van der Waals surface area contributed by atoms with E-state index in [9.17, 15) is 0 Å². The van der Waals surface area contributed by atoms with Crippen molar-refractivity contribution in [3.8, 4) is 0 Å². The van der Waals surface area contributed by atoms with Crippen LogP contribution < -0.4 is 0 Å². The highest BCUT2D eigenvalue weighted by atomic mass is 17.2. The zero-order valence-corrected chi connectivity index (χ0v) is 23.7. The van der Waals surface area contributed by atoms with Crippen LogP contribution in [-0.4, -0.2) is 0 Å². The van der Waals surface area contributed by atoms with Crippen LogP contribution in [0.25, 0.3) is 11.1 Å². The molecule has 0 bridgehead atoms. The monoisotopic (exact) mass is 462 g/mol. The Bertz CT molecular complexity index is 982. The van der Waals surface area contributed by atoms with Crippen LogP contribution in [-0.2, 0) is 31.8 Å². The molecule has 0 aliphatic rings. The second-order valence-corrected chi connectivity index (χ2v) is 12.8. The molecule has 2 nitrogen and oxygen atoms in total. The normalized spacial score (nSPS) is 13.2. The number of benzene rings is 2. The molecule has 0 saturated carbocycles. The average molecular weight is 463 g/mol. The van der Waals surface area contributed by atoms with Crippen molar-refractivity contribution in [1.82, 2.24) is 0 Å². The smallest absolute Gasteiger partial charge is 0.123 e. The Morgan fingerprint density at radius 1 is 0.529 bits per heavy atom. The molecule has 0 heterocycles. The third-order valence-corrected chi connectivity index (χ3v) is 6.40. The van der Waals surface area contributed by atoms with Gasteiger partial charge in [0.2, 0.25) is 0 Å². The molecule has 186 valence electrons. The summed E-state index contributed by atoms with van der Waals surface area (Å²) < 4.78 is 0. The van der Waals surface area contributed by atoms with Crippen molar-refractivity contribution >= 4 is 11.1 Å². The molecule has 2 heteroatoms. The maximum absolute atomic E-state index is 6.28. The first-order valence-electron chi connectivity index (χ1n) is 12.3. The molecule has 0 N–H and O–H groups in total. The fraction of sp³-hybridized carbons (Fsp3) is 0.500. The summed E-state index contributed by atoms with van der Waals surface area (Å²) in [6.07, 6.45) is 0. The van der Waals surface area contributed by atoms with Gasteiger partial charge in [0.25, 0.3) is 0 Å². The van der Waals surface area contributed by atoms with Crippen LogP contribution >= 0.6 is 0 Å². The molecule has 2 aromatic carbocycles. The predicted molar refractivity (Wildman–Crippen MR) is 148 cm³/mol. The summed E-state index contributed by atoms with van der Waals surface area (Å²) in [6, 6.07) is 13.0. The third-order valence-electron chi connectivity index (χ3n) is 6.40. The van der Waals surface area contributed by atoms with Crippen LogP contribution in [0.2, 0.25) is 0 Å². The van der Waals surface area contributed by atoms with Crippen molar-refractivity contribution < 1.29 is 9.78 Å². The van der Waals surface area contributed by atoms with E-state index in [1.54, 1.807) is 0 Å². The second kappa shape index (κ2) is 9.47. The highest BCUT2D eigenvalue weighted by Gasteiger charge is 2.35. The average Bonchev–Trinajstić information content (AvgIpc) is 2.70. The van der Waals surface area contributed by atoms with Gasteiger partial charge in [-0.15, -0.1) is 0 Å². The molecule has 2 rings (SSSR count). The van der Waals surface area contributed by atoms with Gasteiger partial charge in [0.05, 0.1) is 0 Å². The molecule has 0 aromatic heterocycles. The molecule has 0 spiro atoms. The van der Waals surface area contributed by atoms with E-state index in [0.717, 1.165) is 33.4 Å². The summed E-state index contributed by atoms with van der Waals surface area (Å²) in [5, 5.41) is 0. The van der Waals surface area contributed by atoms with E-state index in [-0.39, 0.29) is 10.8 Å². The Labute approximate surface area is 209 Å². The minimum atomic E-state index is -0.646. The minimum absolute atomic E-state index is 0.0469. The summed E-state index contributed by atoms with van der Waals surface area (Å²) in [6.45, 7) is 34.0. The number of allylic oxidation sites excluding steroid dienone is 2. The van der Waals surface area contributed by atoms with E-state index in [4.69, 9.17) is 9.78 Å². The fourth-order valence-corrected chi connectivity index (χ4v) is 4.21. The van der Waals surface area contributed by atoms with Gasteiger partial charge in [0, 0.05) is 0 Å². The lowest BCUT2D eigenvalue weighted by atomic mass is 9.78. The van der Waals surface area contributed by atoms with Gasteiger partial charge in [-0.05, 0) is 85.8 Å². The molecule has 0 atom stereocenters. The van der Waals surface area contributed by atoms with E-state index >= 15 is 0 Å². The molecule has 0 unspecified atom stereocenters. The highest BCUT2D eigenvalue weighted by Crippen LogP contribution is 2.40. The van der Waals surface area contributed by atoms with Gasteiger partial charge in [-0.2, -0.15) is 0 Å². The van der Waals surface area contributed by atoms with Crippen molar-refractivity contribution in [3.05, 3.63) is 82.9 Å². The molecular weight excluding hydrogens is 416 g/mol. The first-order valence-corrected chi connectivity index (χ1v) is 12.3. The summed E-state index contributed by atoms with van der Waals surface area (Å²) >= 11 is 0. The van der Waals surface area contributed by atoms with Gasteiger partial charge in [-0.25, -0.2) is 9.78 Å². The summed E-state index contributed by atoms with van der Waals surface area (Å²) in [5.41, 5.74) is 7.74. The van der Waals surface area contributed by atoms with E-state index in [1.807, 2.05) is 13.8 Å². The molecule has 0 radical (unpaired) electrons. The van der Waals surface area contributed by atoms with E-state index in [0.29, 0.717) is 0 Å². The maximum atomic E-state index is 6.28. The third kappa shape index (κ3) is 6.29. The van der Waals surface area contributed by atoms with Gasteiger partial charge in [-0.3, -0.25) is 0 Å². The zero-order valence-electron chi connectivity index (χ0n) is 23.7. The molecule has 0 aliphatic carbocycles. The molecule has 0 saturated heterocycles. The minimum Gasteiger partial charge on any atom is -0.225 e. The Kier molecular flexibility index (Phi) is 7.82. The van der Waals surface area contributed by atoms with Crippen LogP contribution in [0.4, 0.5) is 0 Å². The van der Waals surface area contributed by atoms with Gasteiger partial charge < -0.3 is 0 Å². The van der Waals surface area contributed by atoms with Crippen molar-refractivity contribution in [2.45, 2.75) is 105 Å². The molecule has 0 aliphatic heterocycles. The van der Waals surface area contributed by atoms with Crippen molar-refractivity contribution in [2.24, 2.45) is 0 Å². The SMILES string of the molecule is C=C(C)c1ccc(C(C)(C)OOC(C)(C)c2ccc(C(=C)C)cc2C(C)(C)C)c(C(C)(C)C)c1. The highest BCUT2D eigenvalue weighted by molar-refractivity contribution is 5.64. The summed E-state index contributed by atoms with van der Waals surface area (Å²) in [7, 11) is 0. The summed E-state index contributed by atoms with van der Waals surface area (Å²) in [4.78, 5) is 12.6. The zero-order chi connectivity index (χ0) is 26.3. The fourth-order valence-electron chi connectivity index (χ4n) is 4.21. The lowest BCUT2D eigenvalue weighted by molar-refractivity contribution is -0.410. The lowest BCUT2D eigenvalue weighted by Crippen LogP contribution is -2.33. The quantitative estimate of drug-likeness (QED) is 0.301. The molecular formula is C32H46O2.